The molecule has 0 spiro atoms. The summed E-state index contributed by atoms with van der Waals surface area (Å²) in [5.41, 5.74) is 0.996. The van der Waals surface area contributed by atoms with Gasteiger partial charge in [-0.3, -0.25) is 4.98 Å². The van der Waals surface area contributed by atoms with Gasteiger partial charge in [-0.15, -0.1) is 0 Å². The van der Waals surface area contributed by atoms with Crippen LogP contribution >= 0.6 is 0 Å². The Balaban J connectivity index is 1.59. The Morgan fingerprint density at radius 2 is 1.96 bits per heavy atom. The number of para-hydroxylation sites is 1. The lowest BCUT2D eigenvalue weighted by atomic mass is 10.2. The van der Waals surface area contributed by atoms with Gasteiger partial charge in [-0.25, -0.2) is 9.78 Å². The van der Waals surface area contributed by atoms with Crippen LogP contribution in [0.5, 0.6) is 0 Å². The van der Waals surface area contributed by atoms with Gasteiger partial charge in [0.15, 0.2) is 0 Å². The Kier molecular flexibility index (Phi) is 4.34. The molecule has 7 heteroatoms. The maximum absolute atomic E-state index is 12.3. The summed E-state index contributed by atoms with van der Waals surface area (Å²) in [7, 11) is 0. The average molecular weight is 308 g/mol. The van der Waals surface area contributed by atoms with Crippen LogP contribution < -0.4 is 10.2 Å². The Morgan fingerprint density at radius 1 is 1.17 bits per heavy atom. The van der Waals surface area contributed by atoms with Crippen LogP contribution in [0.1, 0.15) is 5.56 Å². The van der Waals surface area contributed by atoms with Gasteiger partial charge in [0.25, 0.3) is 0 Å². The summed E-state index contributed by atoms with van der Waals surface area (Å²) in [5.74, 6) is 0.822. The first kappa shape index (κ1) is 14.8. The number of amides is 2. The van der Waals surface area contributed by atoms with Crippen LogP contribution in [-0.4, -0.2) is 47.1 Å². The highest BCUT2D eigenvalue weighted by atomic mass is 16.2. The number of urea groups is 1. The normalized spacial score (nSPS) is 14.2. The van der Waals surface area contributed by atoms with Gasteiger partial charge in [0.05, 0.1) is 17.4 Å². The van der Waals surface area contributed by atoms with Crippen molar-refractivity contribution in [3.05, 3.63) is 48.4 Å². The lowest BCUT2D eigenvalue weighted by molar-refractivity contribution is 0.208. The molecule has 1 fully saturated rings. The maximum atomic E-state index is 12.3. The van der Waals surface area contributed by atoms with E-state index in [0.717, 1.165) is 5.82 Å². The number of piperazine rings is 1. The lowest BCUT2D eigenvalue weighted by Gasteiger charge is -2.35. The molecular weight excluding hydrogens is 292 g/mol. The van der Waals surface area contributed by atoms with Crippen molar-refractivity contribution in [3.63, 3.8) is 0 Å². The quantitative estimate of drug-likeness (QED) is 0.912. The Bertz CT molecular complexity index is 719. The SMILES string of the molecule is N#Cc1ccccc1NC(=O)N1CCN(c2cnccn2)CC1. The van der Waals surface area contributed by atoms with E-state index in [1.165, 1.54) is 0 Å². The van der Waals surface area contributed by atoms with Gasteiger partial charge in [-0.2, -0.15) is 5.26 Å². The molecule has 23 heavy (non-hydrogen) atoms. The fourth-order valence-electron chi connectivity index (χ4n) is 2.48. The Morgan fingerprint density at radius 3 is 2.65 bits per heavy atom. The number of carbonyl (C=O) groups is 1. The van der Waals surface area contributed by atoms with E-state index in [4.69, 9.17) is 5.26 Å². The third-order valence-electron chi connectivity index (χ3n) is 3.73. The number of benzene rings is 1. The fraction of sp³-hybridized carbons (Fsp3) is 0.250. The van der Waals surface area contributed by atoms with Crippen molar-refractivity contribution >= 4 is 17.5 Å². The zero-order valence-electron chi connectivity index (χ0n) is 12.5. The third-order valence-corrected chi connectivity index (χ3v) is 3.73. The molecule has 1 saturated heterocycles. The second-order valence-electron chi connectivity index (χ2n) is 5.13. The van der Waals surface area contributed by atoms with E-state index in [1.54, 1.807) is 47.8 Å². The highest BCUT2D eigenvalue weighted by molar-refractivity contribution is 5.91. The molecule has 0 bridgehead atoms. The fourth-order valence-corrected chi connectivity index (χ4v) is 2.48. The molecule has 1 aromatic heterocycles. The van der Waals surface area contributed by atoms with Gasteiger partial charge >= 0.3 is 6.03 Å². The zero-order valence-corrected chi connectivity index (χ0v) is 12.5. The summed E-state index contributed by atoms with van der Waals surface area (Å²) in [6, 6.07) is 8.86. The van der Waals surface area contributed by atoms with Crippen molar-refractivity contribution in [2.45, 2.75) is 0 Å². The van der Waals surface area contributed by atoms with Crippen LogP contribution in [0.4, 0.5) is 16.3 Å². The van der Waals surface area contributed by atoms with Gasteiger partial charge in [0.2, 0.25) is 0 Å². The van der Waals surface area contributed by atoms with Crippen LogP contribution in [-0.2, 0) is 0 Å². The number of carbonyl (C=O) groups excluding carboxylic acids is 1. The Labute approximate surface area is 134 Å². The van der Waals surface area contributed by atoms with Gasteiger partial charge in [0.1, 0.15) is 11.9 Å². The molecule has 2 amide bonds. The molecule has 116 valence electrons. The van der Waals surface area contributed by atoms with Gasteiger partial charge in [-0.05, 0) is 12.1 Å². The first-order valence-electron chi connectivity index (χ1n) is 7.34. The molecule has 1 aliphatic heterocycles. The molecule has 7 nitrogen and oxygen atoms in total. The minimum atomic E-state index is -0.188. The van der Waals surface area contributed by atoms with Crippen LogP contribution in [0, 0.1) is 11.3 Å². The number of nitrogens with zero attached hydrogens (tertiary/aromatic N) is 5. The number of hydrogen-bond donors (Lipinski definition) is 1. The lowest BCUT2D eigenvalue weighted by Crippen LogP contribution is -2.50. The number of hydrogen-bond acceptors (Lipinski definition) is 5. The highest BCUT2D eigenvalue weighted by Gasteiger charge is 2.22. The van der Waals surface area contributed by atoms with E-state index in [2.05, 4.69) is 26.3 Å². The first-order valence-corrected chi connectivity index (χ1v) is 7.34. The van der Waals surface area contributed by atoms with Crippen molar-refractivity contribution in [1.29, 1.82) is 5.26 Å². The van der Waals surface area contributed by atoms with Crippen molar-refractivity contribution in [1.82, 2.24) is 14.9 Å². The van der Waals surface area contributed by atoms with E-state index in [1.807, 2.05) is 0 Å². The highest BCUT2D eigenvalue weighted by Crippen LogP contribution is 2.16. The summed E-state index contributed by atoms with van der Waals surface area (Å²) >= 11 is 0. The second-order valence-corrected chi connectivity index (χ2v) is 5.13. The standard InChI is InChI=1S/C16H16N6O/c17-11-13-3-1-2-4-14(13)20-16(23)22-9-7-21(8-10-22)15-12-18-5-6-19-15/h1-6,12H,7-10H2,(H,20,23). The molecule has 0 radical (unpaired) electrons. The number of aromatic nitrogens is 2. The van der Waals surface area contributed by atoms with E-state index >= 15 is 0 Å². The van der Waals surface area contributed by atoms with E-state index in [-0.39, 0.29) is 6.03 Å². The molecule has 2 heterocycles. The summed E-state index contributed by atoms with van der Waals surface area (Å²) < 4.78 is 0. The predicted molar refractivity (Wildman–Crippen MR) is 86.0 cm³/mol. The molecular formula is C16H16N6O. The van der Waals surface area contributed by atoms with Gasteiger partial charge < -0.3 is 15.1 Å². The largest absolute Gasteiger partial charge is 0.352 e. The van der Waals surface area contributed by atoms with E-state index < -0.39 is 0 Å². The van der Waals surface area contributed by atoms with Crippen LogP contribution in [0.3, 0.4) is 0 Å². The summed E-state index contributed by atoms with van der Waals surface area (Å²) in [6.45, 7) is 2.59. The first-order chi connectivity index (χ1) is 11.3. The second kappa shape index (κ2) is 6.75. The molecule has 1 aromatic carbocycles. The smallest absolute Gasteiger partial charge is 0.322 e. The van der Waals surface area contributed by atoms with Gasteiger partial charge in [-0.1, -0.05) is 12.1 Å². The monoisotopic (exact) mass is 308 g/mol. The van der Waals surface area contributed by atoms with Crippen LogP contribution in [0.15, 0.2) is 42.9 Å². The number of rotatable bonds is 2. The predicted octanol–water partition coefficient (Wildman–Crippen LogP) is 1.70. The van der Waals surface area contributed by atoms with Crippen molar-refractivity contribution < 1.29 is 4.79 Å². The van der Waals surface area contributed by atoms with Crippen molar-refractivity contribution in [2.75, 3.05) is 36.4 Å². The summed E-state index contributed by atoms with van der Waals surface area (Å²) in [6.07, 6.45) is 5.02. The molecule has 0 saturated carbocycles. The molecule has 0 unspecified atom stereocenters. The van der Waals surface area contributed by atoms with E-state index in [0.29, 0.717) is 37.4 Å². The molecule has 3 rings (SSSR count). The van der Waals surface area contributed by atoms with Crippen molar-refractivity contribution in [3.8, 4) is 6.07 Å². The summed E-state index contributed by atoms with van der Waals surface area (Å²) in [5, 5.41) is 11.9. The Hall–Kier alpha value is -3.14. The minimum Gasteiger partial charge on any atom is -0.352 e. The third kappa shape index (κ3) is 3.37. The van der Waals surface area contributed by atoms with Crippen molar-refractivity contribution in [2.24, 2.45) is 0 Å². The molecule has 1 aliphatic rings. The number of anilines is 2. The molecule has 0 aliphatic carbocycles. The van der Waals surface area contributed by atoms with Crippen LogP contribution in [0.2, 0.25) is 0 Å². The maximum Gasteiger partial charge on any atom is 0.322 e. The minimum absolute atomic E-state index is 0.188. The van der Waals surface area contributed by atoms with Gasteiger partial charge in [0, 0.05) is 38.6 Å². The summed E-state index contributed by atoms with van der Waals surface area (Å²) in [4.78, 5) is 24.5. The van der Waals surface area contributed by atoms with Crippen LogP contribution in [0.25, 0.3) is 0 Å². The number of nitriles is 1. The molecule has 1 N–H and O–H groups in total. The topological polar surface area (TPSA) is 85.2 Å². The van der Waals surface area contributed by atoms with E-state index in [9.17, 15) is 4.79 Å². The average Bonchev–Trinajstić information content (AvgIpc) is 2.63. The molecule has 0 atom stereocenters. The molecule has 2 aromatic rings. The number of nitrogens with one attached hydrogen (secondary N) is 1. The zero-order chi connectivity index (χ0) is 16.1.